The number of unbranched alkanes of at least 4 members (excludes halogenated alkanes) is 17. The van der Waals surface area contributed by atoms with Crippen molar-refractivity contribution >= 4 is 35.5 Å². The standard InChI is InChI=1S/C21H42Cl2O2Si/c22-26(23)20-18-16-14-12-10-8-6-4-2-1-3-5-7-9-11-13-15-17-19-21(24)25/h26H,1-20H2,(H,24,25). The van der Waals surface area contributed by atoms with E-state index in [0.717, 1.165) is 18.9 Å². The Morgan fingerprint density at radius 1 is 0.538 bits per heavy atom. The van der Waals surface area contributed by atoms with Gasteiger partial charge in [0.1, 0.15) is 0 Å². The summed E-state index contributed by atoms with van der Waals surface area (Å²) in [5.74, 6) is -0.658. The molecule has 2 nitrogen and oxygen atoms in total. The Kier molecular flexibility index (Phi) is 21.8. The first-order valence-corrected chi connectivity index (χ1v) is 15.4. The number of hydrogen-bond acceptors (Lipinski definition) is 1. The minimum Gasteiger partial charge on any atom is -0.481 e. The molecule has 26 heavy (non-hydrogen) atoms. The first-order valence-electron chi connectivity index (χ1n) is 11.1. The highest BCUT2D eigenvalue weighted by Crippen LogP contribution is 2.15. The van der Waals surface area contributed by atoms with Crippen molar-refractivity contribution in [2.45, 2.75) is 128 Å². The highest BCUT2D eigenvalue weighted by molar-refractivity contribution is 7.33. The van der Waals surface area contributed by atoms with Gasteiger partial charge in [-0.2, -0.15) is 22.2 Å². The maximum absolute atomic E-state index is 10.4. The fourth-order valence-electron chi connectivity index (χ4n) is 3.40. The molecule has 0 bridgehead atoms. The molecule has 0 aromatic rings. The van der Waals surface area contributed by atoms with E-state index in [9.17, 15) is 4.79 Å². The molecule has 0 aliphatic carbocycles. The SMILES string of the molecule is O=C(O)CCCCCCCCCCCCCCCCCCCC[SiH](Cl)Cl. The molecule has 0 rings (SSSR count). The lowest BCUT2D eigenvalue weighted by Crippen LogP contribution is -1.93. The van der Waals surface area contributed by atoms with Gasteiger partial charge in [-0.1, -0.05) is 109 Å². The molecule has 0 heterocycles. The third kappa shape index (κ3) is 24.3. The van der Waals surface area contributed by atoms with Crippen molar-refractivity contribution in [3.05, 3.63) is 0 Å². The zero-order valence-electron chi connectivity index (χ0n) is 16.8. The molecule has 0 amide bonds. The van der Waals surface area contributed by atoms with E-state index in [0.29, 0.717) is 6.42 Å². The highest BCUT2D eigenvalue weighted by Gasteiger charge is 2.00. The van der Waals surface area contributed by atoms with Crippen molar-refractivity contribution in [1.82, 2.24) is 0 Å². The summed E-state index contributed by atoms with van der Waals surface area (Å²) < 4.78 is 0. The molecular weight excluding hydrogens is 383 g/mol. The van der Waals surface area contributed by atoms with Gasteiger partial charge in [0, 0.05) is 6.42 Å². The fraction of sp³-hybridized carbons (Fsp3) is 0.952. The Morgan fingerprint density at radius 3 is 1.08 bits per heavy atom. The molecule has 0 unspecified atom stereocenters. The second-order valence-electron chi connectivity index (χ2n) is 7.69. The van der Waals surface area contributed by atoms with E-state index in [2.05, 4.69) is 0 Å². The number of halogens is 2. The Bertz CT molecular complexity index is 302. The molecule has 0 aromatic carbocycles. The molecule has 0 aliphatic rings. The molecule has 5 heteroatoms. The van der Waals surface area contributed by atoms with Gasteiger partial charge >= 0.3 is 5.97 Å². The topological polar surface area (TPSA) is 37.3 Å². The van der Waals surface area contributed by atoms with Gasteiger partial charge in [0.15, 0.2) is 0 Å². The van der Waals surface area contributed by atoms with Crippen LogP contribution in [0, 0.1) is 0 Å². The summed E-state index contributed by atoms with van der Waals surface area (Å²) in [6.45, 7) is 0. The molecule has 0 fully saturated rings. The highest BCUT2D eigenvalue weighted by atomic mass is 35.7. The maximum Gasteiger partial charge on any atom is 0.303 e. The van der Waals surface area contributed by atoms with Crippen LogP contribution in [0.2, 0.25) is 6.04 Å². The quantitative estimate of drug-likeness (QED) is 0.114. The van der Waals surface area contributed by atoms with Crippen LogP contribution in [0.25, 0.3) is 0 Å². The maximum atomic E-state index is 10.4. The van der Waals surface area contributed by atoms with Gasteiger partial charge in [-0.3, -0.25) is 4.79 Å². The van der Waals surface area contributed by atoms with Gasteiger partial charge in [0.25, 0.3) is 0 Å². The summed E-state index contributed by atoms with van der Waals surface area (Å²) in [4.78, 5) is 10.4. The van der Waals surface area contributed by atoms with Gasteiger partial charge in [-0.15, -0.1) is 0 Å². The lowest BCUT2D eigenvalue weighted by Gasteiger charge is -2.04. The van der Waals surface area contributed by atoms with Crippen LogP contribution >= 0.6 is 22.2 Å². The molecular formula is C21H42Cl2O2Si. The van der Waals surface area contributed by atoms with Gasteiger partial charge < -0.3 is 5.11 Å². The van der Waals surface area contributed by atoms with E-state index < -0.39 is 13.4 Å². The average Bonchev–Trinajstić information content (AvgIpc) is 2.59. The number of hydrogen-bond donors (Lipinski definition) is 1. The molecule has 156 valence electrons. The smallest absolute Gasteiger partial charge is 0.303 e. The van der Waals surface area contributed by atoms with Gasteiger partial charge in [0.2, 0.25) is 7.42 Å². The second kappa shape index (κ2) is 21.6. The summed E-state index contributed by atoms with van der Waals surface area (Å²) >= 11 is 11.7. The van der Waals surface area contributed by atoms with E-state index >= 15 is 0 Å². The predicted octanol–water partition coefficient (Wildman–Crippen LogP) is 8.18. The van der Waals surface area contributed by atoms with Crippen molar-refractivity contribution in [3.63, 3.8) is 0 Å². The minimum atomic E-state index is -1.34. The van der Waals surface area contributed by atoms with Crippen molar-refractivity contribution in [2.24, 2.45) is 0 Å². The van der Waals surface area contributed by atoms with Crippen LogP contribution in [0.5, 0.6) is 0 Å². The largest absolute Gasteiger partial charge is 0.481 e. The fourth-order valence-corrected chi connectivity index (χ4v) is 4.93. The summed E-state index contributed by atoms with van der Waals surface area (Å²) in [6.07, 6.45) is 23.9. The Labute approximate surface area is 173 Å². The van der Waals surface area contributed by atoms with Crippen molar-refractivity contribution in [2.75, 3.05) is 0 Å². The van der Waals surface area contributed by atoms with Gasteiger partial charge in [-0.05, 0) is 12.5 Å². The van der Waals surface area contributed by atoms with Gasteiger partial charge in [0.05, 0.1) is 0 Å². The molecule has 0 atom stereocenters. The average molecular weight is 426 g/mol. The molecule has 0 aromatic heterocycles. The molecule has 0 saturated heterocycles. The van der Waals surface area contributed by atoms with Crippen LogP contribution < -0.4 is 0 Å². The number of aliphatic carboxylic acids is 1. The first kappa shape index (κ1) is 26.3. The molecule has 0 spiro atoms. The van der Waals surface area contributed by atoms with Crippen LogP contribution in [0.3, 0.4) is 0 Å². The Morgan fingerprint density at radius 2 is 0.808 bits per heavy atom. The van der Waals surface area contributed by atoms with Crippen LogP contribution in [-0.2, 0) is 4.79 Å². The van der Waals surface area contributed by atoms with E-state index in [-0.39, 0.29) is 0 Å². The van der Waals surface area contributed by atoms with E-state index in [1.54, 1.807) is 0 Å². The van der Waals surface area contributed by atoms with E-state index in [4.69, 9.17) is 27.3 Å². The lowest BCUT2D eigenvalue weighted by molar-refractivity contribution is -0.137. The summed E-state index contributed by atoms with van der Waals surface area (Å²) in [6, 6.07) is 1.08. The van der Waals surface area contributed by atoms with Crippen LogP contribution in [0.1, 0.15) is 122 Å². The Balaban J connectivity index is 3.00. The number of carbonyl (C=O) groups is 1. The zero-order chi connectivity index (χ0) is 19.3. The molecule has 0 radical (unpaired) electrons. The third-order valence-corrected chi connectivity index (χ3v) is 7.22. The van der Waals surface area contributed by atoms with Crippen molar-refractivity contribution in [1.29, 1.82) is 0 Å². The molecule has 1 N–H and O–H groups in total. The van der Waals surface area contributed by atoms with Crippen molar-refractivity contribution in [3.8, 4) is 0 Å². The van der Waals surface area contributed by atoms with E-state index in [1.165, 1.54) is 103 Å². The Hall–Kier alpha value is 0.267. The van der Waals surface area contributed by atoms with E-state index in [1.807, 2.05) is 0 Å². The summed E-state index contributed by atoms with van der Waals surface area (Å²) in [5, 5.41) is 8.57. The van der Waals surface area contributed by atoms with Crippen LogP contribution in [-0.4, -0.2) is 18.5 Å². The molecule has 0 aliphatic heterocycles. The second-order valence-corrected chi connectivity index (χ2v) is 12.9. The third-order valence-electron chi connectivity index (χ3n) is 5.06. The number of rotatable bonds is 21. The molecule has 0 saturated carbocycles. The predicted molar refractivity (Wildman–Crippen MR) is 119 cm³/mol. The first-order chi connectivity index (χ1) is 12.6. The minimum absolute atomic E-state index is 0.338. The van der Waals surface area contributed by atoms with Gasteiger partial charge in [-0.25, -0.2) is 0 Å². The zero-order valence-corrected chi connectivity index (χ0v) is 19.5. The number of carboxylic acids is 1. The lowest BCUT2D eigenvalue weighted by atomic mass is 10.0. The van der Waals surface area contributed by atoms with Crippen LogP contribution in [0.4, 0.5) is 0 Å². The van der Waals surface area contributed by atoms with Crippen LogP contribution in [0.15, 0.2) is 0 Å². The summed E-state index contributed by atoms with van der Waals surface area (Å²) in [7, 11) is -1.34. The summed E-state index contributed by atoms with van der Waals surface area (Å²) in [5.41, 5.74) is 0. The normalized spacial score (nSPS) is 11.3. The monoisotopic (exact) mass is 424 g/mol. The number of carboxylic acid groups (broad SMARTS) is 1. The van der Waals surface area contributed by atoms with Crippen molar-refractivity contribution < 1.29 is 9.90 Å².